The van der Waals surface area contributed by atoms with E-state index in [9.17, 15) is 12.8 Å². The maximum Gasteiger partial charge on any atom is 0.262 e. The Bertz CT molecular complexity index is 1380. The van der Waals surface area contributed by atoms with E-state index in [-0.39, 0.29) is 21.6 Å². The summed E-state index contributed by atoms with van der Waals surface area (Å²) in [5.74, 6) is -2.11. The summed E-state index contributed by atoms with van der Waals surface area (Å²) in [5.41, 5.74) is 4.97. The summed E-state index contributed by atoms with van der Waals surface area (Å²) < 4.78 is 57.6. The van der Waals surface area contributed by atoms with Crippen LogP contribution in [0.1, 0.15) is 0 Å². The van der Waals surface area contributed by atoms with E-state index in [1.165, 1.54) is 42.9 Å². The van der Waals surface area contributed by atoms with Gasteiger partial charge in [0.05, 0.1) is 16.8 Å². The van der Waals surface area contributed by atoms with Crippen LogP contribution in [-0.4, -0.2) is 33.4 Å². The van der Waals surface area contributed by atoms with Crippen LogP contribution in [-0.2, 0) is 10.0 Å². The van der Waals surface area contributed by atoms with Crippen LogP contribution in [0.2, 0.25) is 5.02 Å². The molecule has 9 nitrogen and oxygen atoms in total. The van der Waals surface area contributed by atoms with E-state index in [1.807, 2.05) is 0 Å². The molecule has 13 heteroatoms. The lowest BCUT2D eigenvalue weighted by molar-refractivity contribution is 0.558. The van der Waals surface area contributed by atoms with Gasteiger partial charge < -0.3 is 5.73 Å². The van der Waals surface area contributed by atoms with E-state index in [2.05, 4.69) is 25.0 Å². The number of benzene rings is 2. The van der Waals surface area contributed by atoms with E-state index in [4.69, 9.17) is 17.3 Å². The van der Waals surface area contributed by atoms with Gasteiger partial charge in [0, 0.05) is 23.0 Å². The lowest BCUT2D eigenvalue weighted by atomic mass is 10.2. The van der Waals surface area contributed by atoms with Crippen LogP contribution in [0.15, 0.2) is 59.9 Å². The molecule has 0 atom stereocenters. The Hall–Kier alpha value is -3.64. The summed E-state index contributed by atoms with van der Waals surface area (Å²) >= 11 is 5.82. The van der Waals surface area contributed by atoms with Gasteiger partial charge in [-0.2, -0.15) is 0 Å². The first-order valence-electron chi connectivity index (χ1n) is 8.51. The quantitative estimate of drug-likeness (QED) is 0.465. The monoisotopic (exact) mass is 463 g/mol. The summed E-state index contributed by atoms with van der Waals surface area (Å²) in [7, 11) is -4.18. The van der Waals surface area contributed by atoms with E-state index in [0.717, 1.165) is 16.8 Å². The number of anilines is 2. The topological polar surface area (TPSA) is 129 Å². The molecule has 0 saturated heterocycles. The highest BCUT2D eigenvalue weighted by Gasteiger charge is 2.22. The van der Waals surface area contributed by atoms with Gasteiger partial charge in [0.25, 0.3) is 10.0 Å². The highest BCUT2D eigenvalue weighted by Crippen LogP contribution is 2.28. The zero-order chi connectivity index (χ0) is 22.2. The third kappa shape index (κ3) is 4.15. The fourth-order valence-electron chi connectivity index (χ4n) is 2.64. The molecule has 158 valence electrons. The van der Waals surface area contributed by atoms with Crippen molar-refractivity contribution < 1.29 is 17.2 Å². The lowest BCUT2D eigenvalue weighted by Crippen LogP contribution is -2.15. The summed E-state index contributed by atoms with van der Waals surface area (Å²) in [5, 5.41) is 7.75. The average molecular weight is 464 g/mol. The van der Waals surface area contributed by atoms with Crippen molar-refractivity contribution in [2.45, 2.75) is 4.90 Å². The maximum atomic E-state index is 15.1. The predicted molar refractivity (Wildman–Crippen MR) is 109 cm³/mol. The number of hydrogen-bond donors (Lipinski definition) is 2. The van der Waals surface area contributed by atoms with Crippen molar-refractivity contribution in [3.63, 3.8) is 0 Å². The Morgan fingerprint density at radius 1 is 1.10 bits per heavy atom. The normalized spacial score (nSPS) is 11.5. The highest BCUT2D eigenvalue weighted by molar-refractivity contribution is 7.92. The molecule has 2 aromatic carbocycles. The molecule has 0 amide bonds. The van der Waals surface area contributed by atoms with Gasteiger partial charge in [-0.25, -0.2) is 31.8 Å². The first kappa shape index (κ1) is 20.6. The van der Waals surface area contributed by atoms with Gasteiger partial charge in [-0.15, -0.1) is 5.10 Å². The lowest BCUT2D eigenvalue weighted by Gasteiger charge is -2.12. The van der Waals surface area contributed by atoms with E-state index < -0.39 is 33.0 Å². The standard InChI is InChI=1S/C18H12ClF2N7O2S/c19-11-2-1-3-12(6-11)31(29,30)26-14-5-4-13(20)17(16(14)21)28-9-15(25-27-28)10-7-23-18(22)24-8-10/h1-9,26H,(H2,22,23,24). The van der Waals surface area contributed by atoms with Crippen molar-refractivity contribution in [2.75, 3.05) is 10.5 Å². The first-order chi connectivity index (χ1) is 14.7. The molecule has 31 heavy (non-hydrogen) atoms. The van der Waals surface area contributed by atoms with Crippen molar-refractivity contribution in [1.29, 1.82) is 0 Å². The fraction of sp³-hybridized carbons (Fsp3) is 0. The zero-order valence-electron chi connectivity index (χ0n) is 15.4. The fourth-order valence-corrected chi connectivity index (χ4v) is 4.00. The van der Waals surface area contributed by atoms with Crippen LogP contribution in [0.25, 0.3) is 16.9 Å². The molecule has 2 heterocycles. The van der Waals surface area contributed by atoms with Crippen LogP contribution in [0, 0.1) is 11.6 Å². The second kappa shape index (κ2) is 7.89. The molecule has 2 aromatic heterocycles. The molecule has 4 aromatic rings. The van der Waals surface area contributed by atoms with Crippen molar-refractivity contribution in [3.05, 3.63) is 71.6 Å². The molecule has 0 spiro atoms. The van der Waals surface area contributed by atoms with Gasteiger partial charge in [0.2, 0.25) is 5.95 Å². The summed E-state index contributed by atoms with van der Waals surface area (Å²) in [4.78, 5) is 7.45. The number of nitrogens with zero attached hydrogens (tertiary/aromatic N) is 5. The molecular formula is C18H12ClF2N7O2S. The zero-order valence-corrected chi connectivity index (χ0v) is 16.9. The van der Waals surface area contributed by atoms with Crippen molar-refractivity contribution in [3.8, 4) is 16.9 Å². The third-order valence-electron chi connectivity index (χ3n) is 4.11. The van der Waals surface area contributed by atoms with Gasteiger partial charge in [-0.1, -0.05) is 22.9 Å². The molecule has 0 aliphatic rings. The second-order valence-electron chi connectivity index (χ2n) is 6.20. The van der Waals surface area contributed by atoms with E-state index in [1.54, 1.807) is 0 Å². The van der Waals surface area contributed by atoms with Crippen LogP contribution < -0.4 is 10.5 Å². The van der Waals surface area contributed by atoms with Gasteiger partial charge in [-0.3, -0.25) is 4.72 Å². The Balaban J connectivity index is 1.71. The van der Waals surface area contributed by atoms with Gasteiger partial charge in [0.1, 0.15) is 11.4 Å². The number of sulfonamides is 1. The highest BCUT2D eigenvalue weighted by atomic mass is 35.5. The largest absolute Gasteiger partial charge is 0.368 e. The minimum absolute atomic E-state index is 0.0490. The maximum absolute atomic E-state index is 15.1. The minimum atomic E-state index is -4.18. The van der Waals surface area contributed by atoms with Crippen LogP contribution in [0.4, 0.5) is 20.4 Å². The minimum Gasteiger partial charge on any atom is -0.368 e. The molecule has 0 radical (unpaired) electrons. The Morgan fingerprint density at radius 2 is 1.84 bits per heavy atom. The molecule has 4 rings (SSSR count). The number of hydrogen-bond acceptors (Lipinski definition) is 7. The van der Waals surface area contributed by atoms with Crippen molar-refractivity contribution >= 4 is 33.3 Å². The van der Waals surface area contributed by atoms with Gasteiger partial charge in [0.15, 0.2) is 11.6 Å². The third-order valence-corrected chi connectivity index (χ3v) is 5.71. The number of aromatic nitrogens is 5. The number of nitrogen functional groups attached to an aromatic ring is 1. The number of nitrogens with two attached hydrogens (primary N) is 1. The van der Waals surface area contributed by atoms with E-state index in [0.29, 0.717) is 5.56 Å². The molecule has 3 N–H and O–H groups in total. The Labute approximate surface area is 179 Å². The predicted octanol–water partition coefficient (Wildman–Crippen LogP) is 3.04. The number of rotatable bonds is 5. The molecular weight excluding hydrogens is 452 g/mol. The molecule has 0 saturated carbocycles. The van der Waals surface area contributed by atoms with Gasteiger partial charge in [-0.05, 0) is 30.3 Å². The number of nitrogens with one attached hydrogen (secondary N) is 1. The average Bonchev–Trinajstić information content (AvgIpc) is 3.20. The van der Waals surface area contributed by atoms with Crippen LogP contribution >= 0.6 is 11.6 Å². The molecule has 0 bridgehead atoms. The molecule has 0 unspecified atom stereocenters. The first-order valence-corrected chi connectivity index (χ1v) is 10.4. The summed E-state index contributed by atoms with van der Waals surface area (Å²) in [6, 6.07) is 7.27. The number of halogens is 3. The smallest absolute Gasteiger partial charge is 0.262 e. The summed E-state index contributed by atoms with van der Waals surface area (Å²) in [6.45, 7) is 0. The Kier molecular flexibility index (Phi) is 5.25. The van der Waals surface area contributed by atoms with Crippen molar-refractivity contribution in [1.82, 2.24) is 25.0 Å². The van der Waals surface area contributed by atoms with Crippen molar-refractivity contribution in [2.24, 2.45) is 0 Å². The molecule has 0 aliphatic carbocycles. The van der Waals surface area contributed by atoms with Crippen LogP contribution in [0.5, 0.6) is 0 Å². The Morgan fingerprint density at radius 3 is 2.55 bits per heavy atom. The SMILES string of the molecule is Nc1ncc(-c2cn(-c3c(F)ccc(NS(=O)(=O)c4cccc(Cl)c4)c3F)nn2)cn1. The molecule has 0 aliphatic heterocycles. The van der Waals surface area contributed by atoms with Gasteiger partial charge >= 0.3 is 0 Å². The second-order valence-corrected chi connectivity index (χ2v) is 8.32. The van der Waals surface area contributed by atoms with E-state index >= 15 is 4.39 Å². The summed E-state index contributed by atoms with van der Waals surface area (Å²) in [6.07, 6.45) is 3.99. The van der Waals surface area contributed by atoms with Crippen LogP contribution in [0.3, 0.4) is 0 Å². The molecule has 0 fully saturated rings.